The fourth-order valence-corrected chi connectivity index (χ4v) is 7.54. The van der Waals surface area contributed by atoms with Gasteiger partial charge in [-0.1, -0.05) is 48.0 Å². The van der Waals surface area contributed by atoms with Crippen LogP contribution in [-0.4, -0.2) is 54.1 Å². The van der Waals surface area contributed by atoms with Crippen LogP contribution in [0.25, 0.3) is 21.3 Å². The number of carbonyl (C=O) groups excluding carboxylic acids is 2. The van der Waals surface area contributed by atoms with Crippen LogP contribution in [0.15, 0.2) is 83.3 Å². The predicted octanol–water partition coefficient (Wildman–Crippen LogP) is 6.92. The van der Waals surface area contributed by atoms with Crippen molar-refractivity contribution in [2.45, 2.75) is 23.6 Å². The number of amides is 2. The number of anilines is 2. The zero-order valence-electron chi connectivity index (χ0n) is 24.3. The number of benzene rings is 3. The van der Waals surface area contributed by atoms with Gasteiger partial charge >= 0.3 is 6.09 Å². The highest BCUT2D eigenvalue weighted by atomic mass is 35.5. The molecule has 5 rings (SSSR count). The quantitative estimate of drug-likeness (QED) is 0.0938. The number of fused-ring (bicyclic) bond motifs is 1. The number of carbonyl (C=O) groups is 3. The minimum Gasteiger partial charge on any atom is -0.495 e. The van der Waals surface area contributed by atoms with E-state index in [0.717, 1.165) is 16.0 Å². The van der Waals surface area contributed by atoms with Gasteiger partial charge in [0.2, 0.25) is 25.9 Å². The molecule has 14 heteroatoms. The first kappa shape index (κ1) is 32.5. The molecule has 5 aromatic rings. The molecule has 3 N–H and O–H groups in total. The number of aromatic nitrogens is 2. The van der Waals surface area contributed by atoms with Crippen LogP contribution in [-0.2, 0) is 14.6 Å². The van der Waals surface area contributed by atoms with Crippen molar-refractivity contribution in [2.75, 3.05) is 23.5 Å². The topological polar surface area (TPSA) is 165 Å². The van der Waals surface area contributed by atoms with E-state index in [4.69, 9.17) is 16.3 Å². The van der Waals surface area contributed by atoms with Crippen molar-refractivity contribution in [2.24, 2.45) is 0 Å². The zero-order valence-corrected chi connectivity index (χ0v) is 26.7. The van der Waals surface area contributed by atoms with Crippen LogP contribution in [0.3, 0.4) is 0 Å². The first-order valence-electron chi connectivity index (χ1n) is 13.9. The molecule has 2 heterocycles. The molecule has 0 bridgehead atoms. The number of nitrogens with one attached hydrogen (secondary N) is 2. The molecule has 46 heavy (non-hydrogen) atoms. The smallest absolute Gasteiger partial charge is 0.409 e. The van der Waals surface area contributed by atoms with Crippen LogP contribution in [0.1, 0.15) is 35.3 Å². The molecule has 0 spiro atoms. The van der Waals surface area contributed by atoms with E-state index >= 15 is 0 Å². The fourth-order valence-electron chi connectivity index (χ4n) is 4.64. The molecule has 0 aliphatic heterocycles. The second-order valence-electron chi connectivity index (χ2n) is 10.1. The number of hydrogen-bond acceptors (Lipinski definition) is 9. The molecule has 236 valence electrons. The van der Waals surface area contributed by atoms with Crippen LogP contribution in [0.5, 0.6) is 5.75 Å². The van der Waals surface area contributed by atoms with Crippen molar-refractivity contribution >= 4 is 72.2 Å². The number of thiazole rings is 1. The number of hydrogen-bond donors (Lipinski definition) is 3. The van der Waals surface area contributed by atoms with E-state index in [0.29, 0.717) is 40.1 Å². The number of unbranched alkanes of at least 4 members (excludes halogenated alkanes) is 1. The van der Waals surface area contributed by atoms with Gasteiger partial charge in [-0.25, -0.2) is 18.2 Å². The number of ether oxygens (including phenoxy) is 1. The van der Waals surface area contributed by atoms with Gasteiger partial charge in [-0.05, 0) is 48.7 Å². The van der Waals surface area contributed by atoms with Crippen LogP contribution in [0.4, 0.5) is 16.2 Å². The average Bonchev–Trinajstić information content (AvgIpc) is 3.49. The standard InChI is InChI=1S/C32H27ClN4O7S2/c1-44-27-17-26(34-18-23(27)33)30(39)20-8-6-7-19(15-20)22-13-12-21(35-31(40)41)16-25(22)36-29(38)11-4-5-14-46(42,43)32-37-24-9-2-3-10-28(24)45-32/h2-3,6-10,12-13,15-18,35H,4-5,11,14H2,1H3,(H,36,38)(H,40,41). The molecule has 0 aliphatic carbocycles. The second-order valence-corrected chi connectivity index (χ2v) is 13.8. The Morgan fingerprint density at radius 1 is 0.978 bits per heavy atom. The van der Waals surface area contributed by atoms with Gasteiger partial charge in [-0.2, -0.15) is 0 Å². The summed E-state index contributed by atoms with van der Waals surface area (Å²) in [6, 6.07) is 19.9. The summed E-state index contributed by atoms with van der Waals surface area (Å²) >= 11 is 7.17. The number of rotatable bonds is 12. The Balaban J connectivity index is 1.30. The minimum atomic E-state index is -3.61. The number of carboxylic acid groups (broad SMARTS) is 1. The second kappa shape index (κ2) is 14.1. The molecule has 0 saturated heterocycles. The first-order valence-corrected chi connectivity index (χ1v) is 16.8. The van der Waals surface area contributed by atoms with Gasteiger partial charge in [0.05, 0.1) is 35.0 Å². The molecule has 3 aromatic carbocycles. The molecule has 0 unspecified atom stereocenters. The van der Waals surface area contributed by atoms with Gasteiger partial charge < -0.3 is 15.2 Å². The number of pyridine rings is 1. The largest absolute Gasteiger partial charge is 0.495 e. The molecular weight excluding hydrogens is 652 g/mol. The van der Waals surface area contributed by atoms with Gasteiger partial charge in [0.15, 0.2) is 0 Å². The summed E-state index contributed by atoms with van der Waals surface area (Å²) < 4.78 is 31.7. The Morgan fingerprint density at radius 3 is 2.54 bits per heavy atom. The number of para-hydroxylation sites is 1. The molecule has 0 saturated carbocycles. The Labute approximate surface area is 273 Å². The van der Waals surface area contributed by atoms with Crippen LogP contribution in [0, 0.1) is 0 Å². The van der Waals surface area contributed by atoms with Crippen molar-refractivity contribution in [1.82, 2.24) is 9.97 Å². The monoisotopic (exact) mass is 678 g/mol. The predicted molar refractivity (Wildman–Crippen MR) is 177 cm³/mol. The molecule has 11 nitrogen and oxygen atoms in total. The number of sulfone groups is 1. The fraction of sp³-hybridized carbons (Fsp3) is 0.156. The highest BCUT2D eigenvalue weighted by molar-refractivity contribution is 7.93. The van der Waals surface area contributed by atoms with Crippen LogP contribution >= 0.6 is 22.9 Å². The third kappa shape index (κ3) is 7.68. The third-order valence-corrected chi connectivity index (χ3v) is 10.4. The lowest BCUT2D eigenvalue weighted by molar-refractivity contribution is -0.116. The third-order valence-electron chi connectivity index (χ3n) is 6.86. The molecular formula is C32H27ClN4O7S2. The first-order chi connectivity index (χ1) is 22.0. The summed E-state index contributed by atoms with van der Waals surface area (Å²) in [6.45, 7) is 0. The maximum atomic E-state index is 13.2. The summed E-state index contributed by atoms with van der Waals surface area (Å²) in [5.74, 6) is -0.626. The lowest BCUT2D eigenvalue weighted by atomic mass is 9.98. The lowest BCUT2D eigenvalue weighted by Crippen LogP contribution is -2.14. The SMILES string of the molecule is COc1cc(C(=O)c2cccc(-c3ccc(NC(=O)O)cc3NC(=O)CCCCS(=O)(=O)c3nc4ccccc4s3)c2)ncc1Cl. The Hall–Kier alpha value is -4.85. The highest BCUT2D eigenvalue weighted by Gasteiger charge is 2.20. The van der Waals surface area contributed by atoms with E-state index in [2.05, 4.69) is 20.6 Å². The molecule has 2 amide bonds. The summed E-state index contributed by atoms with van der Waals surface area (Å²) in [4.78, 5) is 45.9. The Bertz CT molecular complexity index is 2030. The van der Waals surface area contributed by atoms with E-state index < -0.39 is 21.8 Å². The molecule has 0 aliphatic rings. The Morgan fingerprint density at radius 2 is 1.78 bits per heavy atom. The van der Waals surface area contributed by atoms with E-state index in [1.165, 1.54) is 31.5 Å². The van der Waals surface area contributed by atoms with Crippen LogP contribution < -0.4 is 15.4 Å². The molecule has 0 atom stereocenters. The number of methoxy groups -OCH3 is 1. The van der Waals surface area contributed by atoms with Gasteiger partial charge in [0.25, 0.3) is 0 Å². The van der Waals surface area contributed by atoms with Crippen molar-refractivity contribution in [3.63, 3.8) is 0 Å². The van der Waals surface area contributed by atoms with Gasteiger partial charge in [0.1, 0.15) is 16.5 Å². The van der Waals surface area contributed by atoms with E-state index in [9.17, 15) is 27.9 Å². The summed E-state index contributed by atoms with van der Waals surface area (Å²) in [5.41, 5.74) is 2.68. The number of nitrogens with zero attached hydrogens (tertiary/aromatic N) is 2. The Kier molecular flexibility index (Phi) is 9.95. The molecule has 2 aromatic heterocycles. The van der Waals surface area contributed by atoms with Crippen LogP contribution in [0.2, 0.25) is 5.02 Å². The van der Waals surface area contributed by atoms with Gasteiger partial charge in [-0.3, -0.25) is 19.9 Å². The normalized spacial score (nSPS) is 11.3. The molecule has 0 fully saturated rings. The number of halogens is 1. The van der Waals surface area contributed by atoms with Gasteiger partial charge in [0, 0.05) is 29.3 Å². The van der Waals surface area contributed by atoms with Crippen molar-refractivity contribution < 1.29 is 32.6 Å². The van der Waals surface area contributed by atoms with Crippen molar-refractivity contribution in [3.8, 4) is 16.9 Å². The average molecular weight is 679 g/mol. The maximum Gasteiger partial charge on any atom is 0.409 e. The number of ketones is 1. The lowest BCUT2D eigenvalue weighted by Gasteiger charge is -2.14. The van der Waals surface area contributed by atoms with E-state index in [-0.39, 0.29) is 45.1 Å². The van der Waals surface area contributed by atoms with Crippen molar-refractivity contribution in [3.05, 3.63) is 95.3 Å². The summed E-state index contributed by atoms with van der Waals surface area (Å²) in [7, 11) is -2.18. The zero-order chi connectivity index (χ0) is 32.8. The summed E-state index contributed by atoms with van der Waals surface area (Å²) in [6.07, 6.45) is 0.606. The highest BCUT2D eigenvalue weighted by Crippen LogP contribution is 2.33. The van der Waals surface area contributed by atoms with Crippen molar-refractivity contribution in [1.29, 1.82) is 0 Å². The molecule has 0 radical (unpaired) electrons. The minimum absolute atomic E-state index is 0.0218. The maximum absolute atomic E-state index is 13.2. The summed E-state index contributed by atoms with van der Waals surface area (Å²) in [5, 5.41) is 14.5. The van der Waals surface area contributed by atoms with E-state index in [1.54, 1.807) is 42.5 Å². The van der Waals surface area contributed by atoms with Gasteiger partial charge in [-0.15, -0.1) is 11.3 Å². The van der Waals surface area contributed by atoms with E-state index in [1.807, 2.05) is 12.1 Å².